The van der Waals surface area contributed by atoms with Gasteiger partial charge >= 0.3 is 5.97 Å². The van der Waals surface area contributed by atoms with Crippen LogP contribution in [0.15, 0.2) is 24.8 Å². The second-order valence-electron chi connectivity index (χ2n) is 2.69. The van der Waals surface area contributed by atoms with Gasteiger partial charge in [0.05, 0.1) is 23.9 Å². The summed E-state index contributed by atoms with van der Waals surface area (Å²) in [7, 11) is 0. The van der Waals surface area contributed by atoms with Crippen LogP contribution in [0.25, 0.3) is 5.52 Å². The van der Waals surface area contributed by atoms with Crippen LogP contribution in [0.1, 0.15) is 17.3 Å². The van der Waals surface area contributed by atoms with Gasteiger partial charge < -0.3 is 4.74 Å². The number of carbonyl (C=O) groups is 1. The van der Waals surface area contributed by atoms with Crippen molar-refractivity contribution < 1.29 is 9.53 Å². The standard InChI is InChI=1S/C9H9N3O2/c1-2-14-9(13)7-3-4-12-8(7)5-10-6-11-12/h3-6H,2H2,1H3. The van der Waals surface area contributed by atoms with Crippen molar-refractivity contribution in [1.29, 1.82) is 0 Å². The highest BCUT2D eigenvalue weighted by Crippen LogP contribution is 2.10. The van der Waals surface area contributed by atoms with Gasteiger partial charge in [-0.25, -0.2) is 14.3 Å². The van der Waals surface area contributed by atoms with E-state index in [1.165, 1.54) is 6.33 Å². The van der Waals surface area contributed by atoms with Crippen LogP contribution >= 0.6 is 0 Å². The van der Waals surface area contributed by atoms with E-state index in [1.807, 2.05) is 0 Å². The van der Waals surface area contributed by atoms with E-state index >= 15 is 0 Å². The molecule has 2 rings (SSSR count). The maximum atomic E-state index is 11.4. The first kappa shape index (κ1) is 8.68. The molecule has 0 amide bonds. The Morgan fingerprint density at radius 1 is 1.64 bits per heavy atom. The molecule has 0 N–H and O–H groups in total. The lowest BCUT2D eigenvalue weighted by Gasteiger charge is -1.99. The predicted molar refractivity (Wildman–Crippen MR) is 48.9 cm³/mol. The molecule has 0 radical (unpaired) electrons. The maximum absolute atomic E-state index is 11.4. The lowest BCUT2D eigenvalue weighted by atomic mass is 10.3. The molecule has 0 saturated heterocycles. The SMILES string of the molecule is CCOC(=O)c1ccn2ncncc12. The Hall–Kier alpha value is -1.91. The van der Waals surface area contributed by atoms with Crippen molar-refractivity contribution in [3.8, 4) is 0 Å². The molecule has 0 spiro atoms. The topological polar surface area (TPSA) is 56.5 Å². The van der Waals surface area contributed by atoms with Crippen LogP contribution in [0.3, 0.4) is 0 Å². The number of carbonyl (C=O) groups excluding carboxylic acids is 1. The number of hydrogen-bond acceptors (Lipinski definition) is 4. The fourth-order valence-corrected chi connectivity index (χ4v) is 1.23. The first-order chi connectivity index (χ1) is 6.83. The Balaban J connectivity index is 2.47. The van der Waals surface area contributed by atoms with Crippen molar-refractivity contribution in [2.24, 2.45) is 0 Å². The normalized spacial score (nSPS) is 10.4. The summed E-state index contributed by atoms with van der Waals surface area (Å²) < 4.78 is 6.47. The minimum atomic E-state index is -0.343. The molecule has 0 bridgehead atoms. The second-order valence-corrected chi connectivity index (χ2v) is 2.69. The summed E-state index contributed by atoms with van der Waals surface area (Å²) in [5, 5.41) is 3.94. The molecule has 0 aromatic carbocycles. The Bertz CT molecular complexity index is 464. The summed E-state index contributed by atoms with van der Waals surface area (Å²) in [4.78, 5) is 15.3. The highest BCUT2D eigenvalue weighted by atomic mass is 16.5. The second kappa shape index (κ2) is 3.45. The number of fused-ring (bicyclic) bond motifs is 1. The molecule has 0 atom stereocenters. The maximum Gasteiger partial charge on any atom is 0.340 e. The lowest BCUT2D eigenvalue weighted by molar-refractivity contribution is 0.0529. The third-order valence-corrected chi connectivity index (χ3v) is 1.84. The van der Waals surface area contributed by atoms with Crippen molar-refractivity contribution in [3.05, 3.63) is 30.4 Å². The molecule has 0 fully saturated rings. The Morgan fingerprint density at radius 3 is 3.29 bits per heavy atom. The molecule has 0 aliphatic heterocycles. The van der Waals surface area contributed by atoms with Crippen LogP contribution in [-0.2, 0) is 4.74 Å². The summed E-state index contributed by atoms with van der Waals surface area (Å²) in [5.74, 6) is -0.343. The average Bonchev–Trinajstić information content (AvgIpc) is 2.61. The van der Waals surface area contributed by atoms with Gasteiger partial charge in [0.2, 0.25) is 0 Å². The van der Waals surface area contributed by atoms with E-state index < -0.39 is 0 Å². The van der Waals surface area contributed by atoms with Crippen LogP contribution in [-0.4, -0.2) is 27.2 Å². The summed E-state index contributed by atoms with van der Waals surface area (Å²) in [6, 6.07) is 1.67. The first-order valence-corrected chi connectivity index (χ1v) is 4.27. The Labute approximate surface area is 80.3 Å². The first-order valence-electron chi connectivity index (χ1n) is 4.27. The van der Waals surface area contributed by atoms with Gasteiger partial charge in [-0.2, -0.15) is 5.10 Å². The number of esters is 1. The Morgan fingerprint density at radius 2 is 2.50 bits per heavy atom. The van der Waals surface area contributed by atoms with Gasteiger partial charge in [-0.05, 0) is 13.0 Å². The highest BCUT2D eigenvalue weighted by Gasteiger charge is 2.12. The minimum absolute atomic E-state index is 0.343. The van der Waals surface area contributed by atoms with Crippen LogP contribution in [0.4, 0.5) is 0 Å². The van der Waals surface area contributed by atoms with E-state index in [1.54, 1.807) is 29.9 Å². The zero-order valence-corrected chi connectivity index (χ0v) is 7.67. The van der Waals surface area contributed by atoms with E-state index in [-0.39, 0.29) is 5.97 Å². The van der Waals surface area contributed by atoms with E-state index in [9.17, 15) is 4.79 Å². The van der Waals surface area contributed by atoms with Gasteiger partial charge in [0, 0.05) is 6.20 Å². The fourth-order valence-electron chi connectivity index (χ4n) is 1.23. The molecule has 2 aromatic rings. The lowest BCUT2D eigenvalue weighted by Crippen LogP contribution is -2.04. The number of aromatic nitrogens is 3. The monoisotopic (exact) mass is 191 g/mol. The quantitative estimate of drug-likeness (QED) is 0.662. The fraction of sp³-hybridized carbons (Fsp3) is 0.222. The van der Waals surface area contributed by atoms with Crippen molar-refractivity contribution in [2.75, 3.05) is 6.61 Å². The highest BCUT2D eigenvalue weighted by molar-refractivity contribution is 5.96. The van der Waals surface area contributed by atoms with Gasteiger partial charge in [-0.15, -0.1) is 0 Å². The smallest absolute Gasteiger partial charge is 0.340 e. The van der Waals surface area contributed by atoms with E-state index in [0.29, 0.717) is 17.7 Å². The van der Waals surface area contributed by atoms with Crippen LogP contribution in [0.2, 0.25) is 0 Å². The van der Waals surface area contributed by atoms with E-state index in [0.717, 1.165) is 0 Å². The van der Waals surface area contributed by atoms with Crippen molar-refractivity contribution in [3.63, 3.8) is 0 Å². The summed E-state index contributed by atoms with van der Waals surface area (Å²) in [5.41, 5.74) is 1.15. The molecule has 5 heteroatoms. The molecular weight excluding hydrogens is 182 g/mol. The molecule has 5 nitrogen and oxygen atoms in total. The minimum Gasteiger partial charge on any atom is -0.462 e. The van der Waals surface area contributed by atoms with Gasteiger partial charge in [0.15, 0.2) is 0 Å². The van der Waals surface area contributed by atoms with Crippen LogP contribution in [0, 0.1) is 0 Å². The molecule has 0 aliphatic carbocycles. The molecule has 72 valence electrons. The van der Waals surface area contributed by atoms with Crippen molar-refractivity contribution in [1.82, 2.24) is 14.6 Å². The van der Waals surface area contributed by atoms with Crippen molar-refractivity contribution in [2.45, 2.75) is 6.92 Å². The van der Waals surface area contributed by atoms with Crippen molar-refractivity contribution >= 4 is 11.5 Å². The van der Waals surface area contributed by atoms with Gasteiger partial charge in [0.1, 0.15) is 6.33 Å². The zero-order valence-electron chi connectivity index (χ0n) is 7.67. The number of rotatable bonds is 2. The molecule has 2 aromatic heterocycles. The molecule has 2 heterocycles. The summed E-state index contributed by atoms with van der Waals surface area (Å²) >= 11 is 0. The van der Waals surface area contributed by atoms with Gasteiger partial charge in [-0.3, -0.25) is 0 Å². The zero-order chi connectivity index (χ0) is 9.97. The van der Waals surface area contributed by atoms with Crippen LogP contribution in [0.5, 0.6) is 0 Å². The molecular formula is C9H9N3O2. The predicted octanol–water partition coefficient (Wildman–Crippen LogP) is 0.906. The van der Waals surface area contributed by atoms with Crippen LogP contribution < -0.4 is 0 Å². The average molecular weight is 191 g/mol. The van der Waals surface area contributed by atoms with E-state index in [2.05, 4.69) is 10.1 Å². The Kier molecular flexibility index (Phi) is 2.14. The molecule has 0 aliphatic rings. The molecule has 0 unspecified atom stereocenters. The van der Waals surface area contributed by atoms with E-state index in [4.69, 9.17) is 4.74 Å². The summed E-state index contributed by atoms with van der Waals surface area (Å²) in [6.07, 6.45) is 4.70. The van der Waals surface area contributed by atoms with Gasteiger partial charge in [-0.1, -0.05) is 0 Å². The molecule has 14 heavy (non-hydrogen) atoms. The number of hydrogen-bond donors (Lipinski definition) is 0. The summed E-state index contributed by atoms with van der Waals surface area (Å²) in [6.45, 7) is 2.14. The largest absolute Gasteiger partial charge is 0.462 e. The third kappa shape index (κ3) is 1.32. The number of ether oxygens (including phenoxy) is 1. The number of nitrogens with zero attached hydrogens (tertiary/aromatic N) is 3. The van der Waals surface area contributed by atoms with Gasteiger partial charge in [0.25, 0.3) is 0 Å². The molecule has 0 saturated carbocycles. The third-order valence-electron chi connectivity index (χ3n) is 1.84.